The van der Waals surface area contributed by atoms with Crippen molar-refractivity contribution in [2.45, 2.75) is 22.0 Å². The third kappa shape index (κ3) is 3.38. The van der Waals surface area contributed by atoms with Gasteiger partial charge in [-0.15, -0.1) is 0 Å². The lowest BCUT2D eigenvalue weighted by molar-refractivity contribution is 0.893. The predicted molar refractivity (Wildman–Crippen MR) is 76.9 cm³/mol. The van der Waals surface area contributed by atoms with Gasteiger partial charge in [-0.1, -0.05) is 41.2 Å². The van der Waals surface area contributed by atoms with Crippen LogP contribution in [0.2, 0.25) is 0 Å². The van der Waals surface area contributed by atoms with Crippen molar-refractivity contribution in [3.8, 4) is 0 Å². The molecule has 0 radical (unpaired) electrons. The predicted octanol–water partition coefficient (Wildman–Crippen LogP) is 2.94. The quantitative estimate of drug-likeness (QED) is 0.295. The molecule has 0 amide bonds. The van der Waals surface area contributed by atoms with E-state index < -0.39 is 0 Å². The maximum absolute atomic E-state index is 5.40. The molecule has 1 aromatic carbocycles. The molecule has 18 heavy (non-hydrogen) atoms. The zero-order chi connectivity index (χ0) is 13.0. The Hall–Kier alpha value is -1.24. The van der Waals surface area contributed by atoms with Gasteiger partial charge < -0.3 is 5.43 Å². The van der Waals surface area contributed by atoms with Crippen LogP contribution in [0.4, 0.5) is 5.82 Å². The van der Waals surface area contributed by atoms with Crippen LogP contribution in [0.1, 0.15) is 5.56 Å². The molecule has 0 atom stereocenters. The normalized spacial score (nSPS) is 10.4. The van der Waals surface area contributed by atoms with Crippen LogP contribution in [0.25, 0.3) is 0 Å². The first-order chi connectivity index (χ1) is 8.71. The van der Waals surface area contributed by atoms with E-state index in [2.05, 4.69) is 46.6 Å². The molecule has 1 aromatic heterocycles. The lowest BCUT2D eigenvalue weighted by atomic mass is 10.2. The molecule has 0 aliphatic rings. The largest absolute Gasteiger partial charge is 0.308 e. The molecule has 94 valence electrons. The monoisotopic (exact) mass is 278 g/mol. The zero-order valence-electron chi connectivity index (χ0n) is 10.2. The number of nitrogens with zero attached hydrogens (tertiary/aromatic N) is 2. The first-order valence-corrected chi connectivity index (χ1v) is 7.39. The van der Waals surface area contributed by atoms with Crippen LogP contribution >= 0.6 is 23.5 Å². The number of nitrogens with two attached hydrogens (primary N) is 1. The summed E-state index contributed by atoms with van der Waals surface area (Å²) in [5.41, 5.74) is 3.81. The van der Waals surface area contributed by atoms with Crippen molar-refractivity contribution in [2.75, 3.05) is 11.7 Å². The number of nitrogen functional groups attached to an aromatic ring is 1. The van der Waals surface area contributed by atoms with E-state index in [1.807, 2.05) is 12.3 Å². The molecule has 0 aliphatic carbocycles. The van der Waals surface area contributed by atoms with Gasteiger partial charge in [-0.2, -0.15) is 0 Å². The lowest BCUT2D eigenvalue weighted by Crippen LogP contribution is -2.09. The van der Waals surface area contributed by atoms with Gasteiger partial charge in [-0.3, -0.25) is 0 Å². The van der Waals surface area contributed by atoms with Crippen LogP contribution in [0.15, 0.2) is 45.4 Å². The average Bonchev–Trinajstić information content (AvgIpc) is 2.41. The second kappa shape index (κ2) is 6.08. The van der Waals surface area contributed by atoms with E-state index in [1.54, 1.807) is 11.8 Å². The van der Waals surface area contributed by atoms with E-state index in [0.717, 1.165) is 9.92 Å². The number of aromatic nitrogens is 2. The molecule has 0 bridgehead atoms. The highest BCUT2D eigenvalue weighted by atomic mass is 32.2. The minimum Gasteiger partial charge on any atom is -0.308 e. The van der Waals surface area contributed by atoms with Gasteiger partial charge >= 0.3 is 0 Å². The maximum atomic E-state index is 5.40. The second-order valence-corrected chi connectivity index (χ2v) is 5.50. The topological polar surface area (TPSA) is 63.8 Å². The highest BCUT2D eigenvalue weighted by Crippen LogP contribution is 2.28. The van der Waals surface area contributed by atoms with Crippen molar-refractivity contribution < 1.29 is 0 Å². The molecule has 0 saturated carbocycles. The summed E-state index contributed by atoms with van der Waals surface area (Å²) in [4.78, 5) is 9.81. The van der Waals surface area contributed by atoms with Gasteiger partial charge in [0.25, 0.3) is 0 Å². The van der Waals surface area contributed by atoms with Crippen molar-refractivity contribution in [1.29, 1.82) is 0 Å². The van der Waals surface area contributed by atoms with Crippen LogP contribution in [-0.2, 0) is 0 Å². The average molecular weight is 278 g/mol. The molecule has 4 nitrogen and oxygen atoms in total. The summed E-state index contributed by atoms with van der Waals surface area (Å²) >= 11 is 3.09. The molecule has 2 aromatic rings. The van der Waals surface area contributed by atoms with E-state index in [9.17, 15) is 0 Å². The van der Waals surface area contributed by atoms with Crippen molar-refractivity contribution in [2.24, 2.45) is 5.84 Å². The molecular weight excluding hydrogens is 264 g/mol. The SMILES string of the molecule is CSc1nc(NN)cc(Sc2ccc(C)cc2)n1. The summed E-state index contributed by atoms with van der Waals surface area (Å²) in [5.74, 6) is 6.03. The summed E-state index contributed by atoms with van der Waals surface area (Å²) in [6.45, 7) is 2.07. The Morgan fingerprint density at radius 2 is 1.89 bits per heavy atom. The van der Waals surface area contributed by atoms with Gasteiger partial charge in [-0.25, -0.2) is 15.8 Å². The van der Waals surface area contributed by atoms with Crippen molar-refractivity contribution in [3.63, 3.8) is 0 Å². The fourth-order valence-corrected chi connectivity index (χ4v) is 2.60. The van der Waals surface area contributed by atoms with E-state index in [1.165, 1.54) is 17.3 Å². The summed E-state index contributed by atoms with van der Waals surface area (Å²) in [6, 6.07) is 10.2. The number of benzene rings is 1. The van der Waals surface area contributed by atoms with Crippen molar-refractivity contribution in [1.82, 2.24) is 9.97 Å². The minimum absolute atomic E-state index is 0.629. The Morgan fingerprint density at radius 1 is 1.17 bits per heavy atom. The van der Waals surface area contributed by atoms with Gasteiger partial charge in [0.05, 0.1) is 0 Å². The number of nitrogens with one attached hydrogen (secondary N) is 1. The molecule has 6 heteroatoms. The zero-order valence-corrected chi connectivity index (χ0v) is 11.8. The highest BCUT2D eigenvalue weighted by Gasteiger charge is 2.05. The molecule has 0 fully saturated rings. The smallest absolute Gasteiger partial charge is 0.190 e. The molecule has 1 heterocycles. The Morgan fingerprint density at radius 3 is 2.50 bits per heavy atom. The number of hydrogen-bond donors (Lipinski definition) is 2. The van der Waals surface area contributed by atoms with Gasteiger partial charge in [0.1, 0.15) is 10.8 Å². The number of hydrazine groups is 1. The fraction of sp³-hybridized carbons (Fsp3) is 0.167. The molecular formula is C12H14N4S2. The van der Waals surface area contributed by atoms with Gasteiger partial charge in [0.15, 0.2) is 5.16 Å². The van der Waals surface area contributed by atoms with E-state index in [0.29, 0.717) is 11.0 Å². The third-order valence-corrected chi connectivity index (χ3v) is 3.73. The van der Waals surface area contributed by atoms with Crippen LogP contribution in [0.3, 0.4) is 0 Å². The number of thioether (sulfide) groups is 1. The Bertz CT molecular complexity index is 506. The molecule has 0 saturated heterocycles. The first-order valence-electron chi connectivity index (χ1n) is 5.35. The van der Waals surface area contributed by atoms with Crippen LogP contribution in [-0.4, -0.2) is 16.2 Å². The van der Waals surface area contributed by atoms with Gasteiger partial charge in [0, 0.05) is 11.0 Å². The summed E-state index contributed by atoms with van der Waals surface area (Å²) in [6.07, 6.45) is 1.94. The minimum atomic E-state index is 0.629. The van der Waals surface area contributed by atoms with E-state index in [-0.39, 0.29) is 0 Å². The van der Waals surface area contributed by atoms with Gasteiger partial charge in [0.2, 0.25) is 0 Å². The number of hydrogen-bond acceptors (Lipinski definition) is 6. The second-order valence-electron chi connectivity index (χ2n) is 3.64. The molecule has 3 N–H and O–H groups in total. The Kier molecular flexibility index (Phi) is 4.46. The van der Waals surface area contributed by atoms with E-state index in [4.69, 9.17) is 5.84 Å². The third-order valence-electron chi connectivity index (χ3n) is 2.26. The molecule has 2 rings (SSSR count). The number of anilines is 1. The van der Waals surface area contributed by atoms with Crippen molar-refractivity contribution >= 4 is 29.3 Å². The van der Waals surface area contributed by atoms with E-state index >= 15 is 0 Å². The van der Waals surface area contributed by atoms with Crippen molar-refractivity contribution in [3.05, 3.63) is 35.9 Å². The number of rotatable bonds is 4. The van der Waals surface area contributed by atoms with Crippen LogP contribution in [0, 0.1) is 6.92 Å². The highest BCUT2D eigenvalue weighted by molar-refractivity contribution is 7.99. The molecule has 0 spiro atoms. The molecule has 0 unspecified atom stereocenters. The summed E-state index contributed by atoms with van der Waals surface area (Å²) < 4.78 is 0. The standard InChI is InChI=1S/C12H14N4S2/c1-8-3-5-9(6-4-8)18-11-7-10(16-13)14-12(15-11)17-2/h3-7H,13H2,1-2H3,(H,14,15,16). The maximum Gasteiger partial charge on any atom is 0.190 e. The fourth-order valence-electron chi connectivity index (χ4n) is 1.35. The van der Waals surface area contributed by atoms with Crippen LogP contribution < -0.4 is 11.3 Å². The first kappa shape index (κ1) is 13.2. The van der Waals surface area contributed by atoms with Gasteiger partial charge in [-0.05, 0) is 25.3 Å². The summed E-state index contributed by atoms with van der Waals surface area (Å²) in [5, 5.41) is 1.59. The molecule has 0 aliphatic heterocycles. The Balaban J connectivity index is 2.25. The number of aryl methyl sites for hydroxylation is 1. The Labute approximate surface area is 115 Å². The summed E-state index contributed by atoms with van der Waals surface area (Å²) in [7, 11) is 0. The van der Waals surface area contributed by atoms with Crippen LogP contribution in [0.5, 0.6) is 0 Å². The lowest BCUT2D eigenvalue weighted by Gasteiger charge is -2.06.